The number of rotatable bonds is 12. The van der Waals surface area contributed by atoms with E-state index in [9.17, 15) is 4.79 Å². The summed E-state index contributed by atoms with van der Waals surface area (Å²) in [5, 5.41) is 3.43. The van der Waals surface area contributed by atoms with Crippen LogP contribution in [0, 0.1) is 0 Å². The normalized spacial score (nSPS) is 11.5. The molecule has 0 saturated heterocycles. The van der Waals surface area contributed by atoms with E-state index in [1.54, 1.807) is 4.90 Å². The molecule has 0 spiro atoms. The molecule has 0 aromatic carbocycles. The Morgan fingerprint density at radius 2 is 1.55 bits per heavy atom. The second-order valence-electron chi connectivity index (χ2n) is 6.99. The van der Waals surface area contributed by atoms with Crippen molar-refractivity contribution in [3.63, 3.8) is 0 Å². The molecular formula is C18H38N2O2. The first-order valence-electron chi connectivity index (χ1n) is 9.09. The number of unbranched alkanes of at least 4 members (excludes halogenated alkanes) is 5. The van der Waals surface area contributed by atoms with Gasteiger partial charge >= 0.3 is 6.09 Å². The van der Waals surface area contributed by atoms with Gasteiger partial charge in [-0.1, -0.05) is 46.0 Å². The van der Waals surface area contributed by atoms with Crippen LogP contribution in [0.1, 0.15) is 79.6 Å². The maximum Gasteiger partial charge on any atom is 0.410 e. The zero-order valence-electron chi connectivity index (χ0n) is 15.5. The average Bonchev–Trinajstić information content (AvgIpc) is 2.42. The van der Waals surface area contributed by atoms with Gasteiger partial charge in [-0.2, -0.15) is 0 Å². The molecule has 0 radical (unpaired) electrons. The Morgan fingerprint density at radius 1 is 0.909 bits per heavy atom. The van der Waals surface area contributed by atoms with E-state index in [-0.39, 0.29) is 6.09 Å². The van der Waals surface area contributed by atoms with Crippen molar-refractivity contribution in [3.8, 4) is 0 Å². The van der Waals surface area contributed by atoms with E-state index in [0.717, 1.165) is 32.6 Å². The Labute approximate surface area is 138 Å². The number of hydrogen-bond acceptors (Lipinski definition) is 3. The molecular weight excluding hydrogens is 276 g/mol. The fourth-order valence-electron chi connectivity index (χ4n) is 2.26. The Kier molecular flexibility index (Phi) is 12.3. The van der Waals surface area contributed by atoms with Crippen molar-refractivity contribution < 1.29 is 9.53 Å². The van der Waals surface area contributed by atoms with Gasteiger partial charge in [-0.15, -0.1) is 0 Å². The van der Waals surface area contributed by atoms with Gasteiger partial charge in [-0.05, 0) is 40.2 Å². The molecule has 1 amide bonds. The predicted octanol–water partition coefficient (Wildman–Crippen LogP) is 4.58. The molecule has 0 fully saturated rings. The Hall–Kier alpha value is -0.770. The lowest BCUT2D eigenvalue weighted by molar-refractivity contribution is 0.0252. The topological polar surface area (TPSA) is 41.6 Å². The first kappa shape index (κ1) is 21.2. The number of hydrogen-bond donors (Lipinski definition) is 1. The maximum atomic E-state index is 12.1. The highest BCUT2D eigenvalue weighted by Crippen LogP contribution is 2.10. The second-order valence-corrected chi connectivity index (χ2v) is 6.99. The van der Waals surface area contributed by atoms with Gasteiger partial charge in [-0.25, -0.2) is 4.79 Å². The van der Waals surface area contributed by atoms with Crippen LogP contribution in [0.25, 0.3) is 0 Å². The van der Waals surface area contributed by atoms with Gasteiger partial charge in [0.05, 0.1) is 0 Å². The fourth-order valence-corrected chi connectivity index (χ4v) is 2.26. The van der Waals surface area contributed by atoms with Crippen molar-refractivity contribution in [2.75, 3.05) is 26.2 Å². The van der Waals surface area contributed by atoms with Crippen LogP contribution in [0.5, 0.6) is 0 Å². The molecule has 0 bridgehead atoms. The summed E-state index contributed by atoms with van der Waals surface area (Å²) in [7, 11) is 0. The van der Waals surface area contributed by atoms with E-state index in [4.69, 9.17) is 4.74 Å². The molecule has 0 heterocycles. The summed E-state index contributed by atoms with van der Waals surface area (Å²) in [6.45, 7) is 13.4. The molecule has 4 nitrogen and oxygen atoms in total. The highest BCUT2D eigenvalue weighted by Gasteiger charge is 2.21. The third-order valence-electron chi connectivity index (χ3n) is 3.41. The van der Waals surface area contributed by atoms with Crippen molar-refractivity contribution in [1.29, 1.82) is 0 Å². The molecule has 132 valence electrons. The Bertz CT molecular complexity index is 275. The smallest absolute Gasteiger partial charge is 0.410 e. The van der Waals surface area contributed by atoms with Crippen LogP contribution in [-0.2, 0) is 4.74 Å². The van der Waals surface area contributed by atoms with Crippen LogP contribution in [-0.4, -0.2) is 42.8 Å². The van der Waals surface area contributed by atoms with E-state index in [1.165, 1.54) is 38.5 Å². The van der Waals surface area contributed by atoms with E-state index in [1.807, 2.05) is 20.8 Å². The zero-order chi connectivity index (χ0) is 16.8. The van der Waals surface area contributed by atoms with Gasteiger partial charge < -0.3 is 15.0 Å². The first-order valence-corrected chi connectivity index (χ1v) is 9.09. The van der Waals surface area contributed by atoms with E-state index >= 15 is 0 Å². The molecule has 1 N–H and O–H groups in total. The lowest BCUT2D eigenvalue weighted by Gasteiger charge is -2.27. The summed E-state index contributed by atoms with van der Waals surface area (Å²) in [6.07, 6.45) is 8.65. The van der Waals surface area contributed by atoms with Crippen LogP contribution in [0.15, 0.2) is 0 Å². The van der Waals surface area contributed by atoms with Crippen LogP contribution >= 0.6 is 0 Å². The summed E-state index contributed by atoms with van der Waals surface area (Å²) >= 11 is 0. The SMILES string of the molecule is CCCCCCCCNCCN(CCC)C(=O)OC(C)(C)C. The number of nitrogens with one attached hydrogen (secondary N) is 1. The molecule has 0 saturated carbocycles. The number of carbonyl (C=O) groups is 1. The zero-order valence-corrected chi connectivity index (χ0v) is 15.5. The highest BCUT2D eigenvalue weighted by atomic mass is 16.6. The monoisotopic (exact) mass is 314 g/mol. The Balaban J connectivity index is 3.76. The first-order chi connectivity index (χ1) is 10.4. The number of carbonyl (C=O) groups excluding carboxylic acids is 1. The third kappa shape index (κ3) is 12.9. The van der Waals surface area contributed by atoms with Crippen molar-refractivity contribution >= 4 is 6.09 Å². The molecule has 0 aromatic heterocycles. The lowest BCUT2D eigenvalue weighted by Crippen LogP contribution is -2.41. The lowest BCUT2D eigenvalue weighted by atomic mass is 10.1. The quantitative estimate of drug-likeness (QED) is 0.536. The summed E-state index contributed by atoms with van der Waals surface area (Å²) in [6, 6.07) is 0. The molecule has 22 heavy (non-hydrogen) atoms. The summed E-state index contributed by atoms with van der Waals surface area (Å²) in [5.74, 6) is 0. The van der Waals surface area contributed by atoms with Crippen molar-refractivity contribution in [1.82, 2.24) is 10.2 Å². The van der Waals surface area contributed by atoms with Crippen LogP contribution < -0.4 is 5.32 Å². The van der Waals surface area contributed by atoms with Gasteiger partial charge in [-0.3, -0.25) is 0 Å². The average molecular weight is 315 g/mol. The molecule has 0 aliphatic carbocycles. The maximum absolute atomic E-state index is 12.1. The molecule has 0 rings (SSSR count). The van der Waals surface area contributed by atoms with Crippen molar-refractivity contribution in [3.05, 3.63) is 0 Å². The van der Waals surface area contributed by atoms with Gasteiger partial charge in [0.1, 0.15) is 5.60 Å². The van der Waals surface area contributed by atoms with Gasteiger partial charge in [0.25, 0.3) is 0 Å². The molecule has 0 atom stereocenters. The van der Waals surface area contributed by atoms with Crippen LogP contribution in [0.4, 0.5) is 4.79 Å². The van der Waals surface area contributed by atoms with Gasteiger partial charge in [0.2, 0.25) is 0 Å². The molecule has 0 aromatic rings. The minimum absolute atomic E-state index is 0.198. The number of ether oxygens (including phenoxy) is 1. The van der Waals surface area contributed by atoms with E-state index in [0.29, 0.717) is 0 Å². The standard InChI is InChI=1S/C18H38N2O2/c1-6-8-9-10-11-12-13-19-14-16-20(15-7-2)17(21)22-18(3,4)5/h19H,6-16H2,1-5H3. The third-order valence-corrected chi connectivity index (χ3v) is 3.41. The largest absolute Gasteiger partial charge is 0.444 e. The number of amides is 1. The van der Waals surface area contributed by atoms with E-state index in [2.05, 4.69) is 19.2 Å². The molecule has 4 heteroatoms. The summed E-state index contributed by atoms with van der Waals surface area (Å²) < 4.78 is 5.44. The molecule has 0 aliphatic rings. The van der Waals surface area contributed by atoms with Crippen LogP contribution in [0.3, 0.4) is 0 Å². The van der Waals surface area contributed by atoms with E-state index < -0.39 is 5.60 Å². The second kappa shape index (κ2) is 12.7. The predicted molar refractivity (Wildman–Crippen MR) is 94.3 cm³/mol. The van der Waals surface area contributed by atoms with Gasteiger partial charge in [0.15, 0.2) is 0 Å². The van der Waals surface area contributed by atoms with Crippen molar-refractivity contribution in [2.24, 2.45) is 0 Å². The minimum Gasteiger partial charge on any atom is -0.444 e. The number of nitrogens with zero attached hydrogens (tertiary/aromatic N) is 1. The van der Waals surface area contributed by atoms with Gasteiger partial charge in [0, 0.05) is 19.6 Å². The fraction of sp³-hybridized carbons (Fsp3) is 0.944. The highest BCUT2D eigenvalue weighted by molar-refractivity contribution is 5.68. The molecule has 0 unspecified atom stereocenters. The van der Waals surface area contributed by atoms with Crippen LogP contribution in [0.2, 0.25) is 0 Å². The Morgan fingerprint density at radius 3 is 2.14 bits per heavy atom. The summed E-state index contributed by atoms with van der Waals surface area (Å²) in [4.78, 5) is 13.9. The minimum atomic E-state index is -0.422. The van der Waals surface area contributed by atoms with Crippen molar-refractivity contribution in [2.45, 2.75) is 85.2 Å². The molecule has 0 aliphatic heterocycles. The summed E-state index contributed by atoms with van der Waals surface area (Å²) in [5.41, 5.74) is -0.422.